The molecule has 1 aromatic heterocycles. The lowest BCUT2D eigenvalue weighted by atomic mass is 9.99. The van der Waals surface area contributed by atoms with E-state index in [-0.39, 0.29) is 16.5 Å². The zero-order valence-electron chi connectivity index (χ0n) is 21.0. The molecule has 0 unspecified atom stereocenters. The summed E-state index contributed by atoms with van der Waals surface area (Å²) in [6.45, 7) is 4.26. The number of sulfonamides is 1. The van der Waals surface area contributed by atoms with Gasteiger partial charge >= 0.3 is 11.9 Å². The maximum Gasteiger partial charge on any atom is 0.349 e. The standard InChI is InChI=1S/C27H29NO8S2/c1-17-6-8-22(9-7-17)38(33,34)28-12-10-19(11-13-28)15-35-21-5-3-4-20(14-21)25-18(2)24(36-16-23(29)30)26(37-25)27(31)32/h3-9,14,19H,10-13,15-16H2,1-2H3,(H,29,30)(H,31,32). The molecule has 1 fully saturated rings. The van der Waals surface area contributed by atoms with Crippen LogP contribution in [0.3, 0.4) is 0 Å². The van der Waals surface area contributed by atoms with Gasteiger partial charge in [-0.15, -0.1) is 11.3 Å². The van der Waals surface area contributed by atoms with Crippen molar-refractivity contribution in [2.75, 3.05) is 26.3 Å². The summed E-state index contributed by atoms with van der Waals surface area (Å²) in [6.07, 6.45) is 1.36. The SMILES string of the molecule is Cc1ccc(S(=O)(=O)N2CCC(COc3cccc(-c4sc(C(=O)O)c(OCC(=O)O)c4C)c3)CC2)cc1. The molecule has 202 valence electrons. The molecule has 38 heavy (non-hydrogen) atoms. The lowest BCUT2D eigenvalue weighted by Gasteiger charge is -2.31. The summed E-state index contributed by atoms with van der Waals surface area (Å²) >= 11 is 1.02. The number of aliphatic carboxylic acids is 1. The van der Waals surface area contributed by atoms with E-state index in [1.54, 1.807) is 37.3 Å². The number of ether oxygens (including phenoxy) is 2. The first-order valence-corrected chi connectivity index (χ1v) is 14.3. The number of carboxylic acid groups (broad SMARTS) is 2. The number of aromatic carboxylic acids is 1. The maximum absolute atomic E-state index is 12.9. The number of carbonyl (C=O) groups is 2. The van der Waals surface area contributed by atoms with Crippen LogP contribution in [0, 0.1) is 19.8 Å². The highest BCUT2D eigenvalue weighted by atomic mass is 32.2. The highest BCUT2D eigenvalue weighted by molar-refractivity contribution is 7.89. The van der Waals surface area contributed by atoms with Crippen molar-refractivity contribution in [3.05, 3.63) is 64.5 Å². The predicted octanol–water partition coefficient (Wildman–Crippen LogP) is 4.67. The van der Waals surface area contributed by atoms with E-state index in [1.165, 1.54) is 4.31 Å². The van der Waals surface area contributed by atoms with Crippen LogP contribution in [0.25, 0.3) is 10.4 Å². The highest BCUT2D eigenvalue weighted by Gasteiger charge is 2.30. The van der Waals surface area contributed by atoms with Crippen molar-refractivity contribution in [2.24, 2.45) is 5.92 Å². The van der Waals surface area contributed by atoms with Crippen molar-refractivity contribution in [1.29, 1.82) is 0 Å². The Morgan fingerprint density at radius 1 is 1.03 bits per heavy atom. The molecule has 11 heteroatoms. The van der Waals surface area contributed by atoms with Gasteiger partial charge < -0.3 is 19.7 Å². The third-order valence-corrected chi connectivity index (χ3v) is 9.66. The molecule has 0 aliphatic carbocycles. The van der Waals surface area contributed by atoms with E-state index in [1.807, 2.05) is 25.1 Å². The highest BCUT2D eigenvalue weighted by Crippen LogP contribution is 2.42. The van der Waals surface area contributed by atoms with Gasteiger partial charge in [0.05, 0.1) is 11.5 Å². The number of nitrogens with zero attached hydrogens (tertiary/aromatic N) is 1. The van der Waals surface area contributed by atoms with Crippen molar-refractivity contribution in [2.45, 2.75) is 31.6 Å². The van der Waals surface area contributed by atoms with Gasteiger partial charge in [-0.05, 0) is 62.4 Å². The van der Waals surface area contributed by atoms with Crippen LogP contribution in [-0.2, 0) is 14.8 Å². The first-order valence-electron chi connectivity index (χ1n) is 12.1. The zero-order valence-corrected chi connectivity index (χ0v) is 22.7. The molecule has 9 nitrogen and oxygen atoms in total. The van der Waals surface area contributed by atoms with E-state index < -0.39 is 28.6 Å². The molecule has 2 N–H and O–H groups in total. The number of rotatable bonds is 10. The fourth-order valence-corrected chi connectivity index (χ4v) is 6.90. The Balaban J connectivity index is 1.40. The van der Waals surface area contributed by atoms with Crippen LogP contribution < -0.4 is 9.47 Å². The minimum atomic E-state index is -3.52. The van der Waals surface area contributed by atoms with Crippen molar-refractivity contribution in [1.82, 2.24) is 4.31 Å². The topological polar surface area (TPSA) is 130 Å². The number of hydrogen-bond acceptors (Lipinski definition) is 7. The van der Waals surface area contributed by atoms with Crippen LogP contribution in [0.2, 0.25) is 0 Å². The summed E-state index contributed by atoms with van der Waals surface area (Å²) in [4.78, 5) is 23.5. The third kappa shape index (κ3) is 6.17. The first kappa shape index (κ1) is 27.6. The summed E-state index contributed by atoms with van der Waals surface area (Å²) in [5.41, 5.74) is 2.29. The lowest BCUT2D eigenvalue weighted by Crippen LogP contribution is -2.39. The average molecular weight is 560 g/mol. The number of aryl methyl sites for hydroxylation is 1. The summed E-state index contributed by atoms with van der Waals surface area (Å²) < 4.78 is 38.7. The van der Waals surface area contributed by atoms with Gasteiger partial charge in [0.25, 0.3) is 0 Å². The van der Waals surface area contributed by atoms with Gasteiger partial charge in [-0.1, -0.05) is 29.8 Å². The molecule has 0 radical (unpaired) electrons. The molecule has 2 aromatic carbocycles. The summed E-state index contributed by atoms with van der Waals surface area (Å²) in [5.74, 6) is -1.52. The molecule has 1 aliphatic rings. The Kier molecular flexibility index (Phi) is 8.39. The second-order valence-corrected chi connectivity index (χ2v) is 12.2. The van der Waals surface area contributed by atoms with Gasteiger partial charge in [0.15, 0.2) is 11.5 Å². The monoisotopic (exact) mass is 559 g/mol. The van der Waals surface area contributed by atoms with E-state index >= 15 is 0 Å². The Bertz CT molecular complexity index is 1420. The Labute approximate surface area is 225 Å². The van der Waals surface area contributed by atoms with Crippen LogP contribution in [0.15, 0.2) is 53.4 Å². The minimum Gasteiger partial charge on any atom is -0.493 e. The number of thiophene rings is 1. The number of benzene rings is 2. The lowest BCUT2D eigenvalue weighted by molar-refractivity contribution is -0.139. The molecule has 0 saturated carbocycles. The van der Waals surface area contributed by atoms with Crippen molar-refractivity contribution < 1.29 is 37.7 Å². The van der Waals surface area contributed by atoms with E-state index in [0.717, 1.165) is 22.5 Å². The molecule has 2 heterocycles. The number of carboxylic acids is 2. The second kappa shape index (κ2) is 11.5. The van der Waals surface area contributed by atoms with Gasteiger partial charge in [-0.2, -0.15) is 4.31 Å². The van der Waals surface area contributed by atoms with Gasteiger partial charge in [-0.25, -0.2) is 18.0 Å². The molecule has 0 bridgehead atoms. The Hall–Kier alpha value is -3.41. The van der Waals surface area contributed by atoms with Crippen LogP contribution in [-0.4, -0.2) is 61.2 Å². The largest absolute Gasteiger partial charge is 0.493 e. The number of hydrogen-bond donors (Lipinski definition) is 2. The fraction of sp³-hybridized carbons (Fsp3) is 0.333. The normalized spacial score (nSPS) is 14.8. The van der Waals surface area contributed by atoms with Gasteiger partial charge in [0.1, 0.15) is 11.5 Å². The summed E-state index contributed by atoms with van der Waals surface area (Å²) in [6, 6.07) is 14.1. The van der Waals surface area contributed by atoms with Crippen LogP contribution in [0.5, 0.6) is 11.5 Å². The predicted molar refractivity (Wildman–Crippen MR) is 143 cm³/mol. The first-order chi connectivity index (χ1) is 18.1. The van der Waals surface area contributed by atoms with Crippen LogP contribution >= 0.6 is 11.3 Å². The van der Waals surface area contributed by atoms with E-state index in [2.05, 4.69) is 0 Å². The van der Waals surface area contributed by atoms with Gasteiger partial charge in [-0.3, -0.25) is 0 Å². The molecule has 0 amide bonds. The van der Waals surface area contributed by atoms with Gasteiger partial charge in [0.2, 0.25) is 10.0 Å². The Morgan fingerprint density at radius 3 is 2.34 bits per heavy atom. The third-order valence-electron chi connectivity index (χ3n) is 6.44. The zero-order chi connectivity index (χ0) is 27.4. The van der Waals surface area contributed by atoms with Crippen molar-refractivity contribution in [3.63, 3.8) is 0 Å². The summed E-state index contributed by atoms with van der Waals surface area (Å²) in [5, 5.41) is 18.5. The summed E-state index contributed by atoms with van der Waals surface area (Å²) in [7, 11) is -3.52. The Morgan fingerprint density at radius 2 is 1.71 bits per heavy atom. The molecule has 1 saturated heterocycles. The molecule has 0 atom stereocenters. The quantitative estimate of drug-likeness (QED) is 0.366. The molecular weight excluding hydrogens is 530 g/mol. The van der Waals surface area contributed by atoms with E-state index in [4.69, 9.17) is 14.6 Å². The average Bonchev–Trinajstić information content (AvgIpc) is 3.23. The van der Waals surface area contributed by atoms with Gasteiger partial charge in [0, 0.05) is 23.5 Å². The van der Waals surface area contributed by atoms with Crippen LogP contribution in [0.4, 0.5) is 0 Å². The fourth-order valence-electron chi connectivity index (χ4n) is 4.34. The number of piperidine rings is 1. The molecule has 3 aromatic rings. The molecule has 1 aliphatic heterocycles. The second-order valence-electron chi connectivity index (χ2n) is 9.20. The minimum absolute atomic E-state index is 0.0542. The smallest absolute Gasteiger partial charge is 0.349 e. The molecule has 0 spiro atoms. The molecular formula is C27H29NO8S2. The van der Waals surface area contributed by atoms with E-state index in [0.29, 0.717) is 53.6 Å². The van der Waals surface area contributed by atoms with E-state index in [9.17, 15) is 23.1 Å². The van der Waals surface area contributed by atoms with Crippen LogP contribution in [0.1, 0.15) is 33.6 Å². The van der Waals surface area contributed by atoms with Crippen molar-refractivity contribution in [3.8, 4) is 21.9 Å². The maximum atomic E-state index is 12.9. The van der Waals surface area contributed by atoms with Crippen molar-refractivity contribution >= 4 is 33.3 Å². The molecule has 4 rings (SSSR count).